The van der Waals surface area contributed by atoms with Gasteiger partial charge in [0.25, 0.3) is 0 Å². The van der Waals surface area contributed by atoms with Gasteiger partial charge < -0.3 is 22.1 Å². The summed E-state index contributed by atoms with van der Waals surface area (Å²) in [5.74, 6) is -0.472. The van der Waals surface area contributed by atoms with Gasteiger partial charge in [0.2, 0.25) is 11.8 Å². The molecule has 8 heteroatoms. The highest BCUT2D eigenvalue weighted by molar-refractivity contribution is 5.85. The molecule has 0 aliphatic rings. The van der Waals surface area contributed by atoms with Gasteiger partial charge in [-0.25, -0.2) is 0 Å². The molecule has 0 aliphatic heterocycles. The molecule has 0 bridgehead atoms. The van der Waals surface area contributed by atoms with Crippen LogP contribution in [0.4, 0.5) is 0 Å². The first-order valence-electron chi connectivity index (χ1n) is 4.51. The third kappa shape index (κ3) is 9.97. The number of rotatable bonds is 5. The van der Waals surface area contributed by atoms with Crippen molar-refractivity contribution >= 4 is 36.6 Å². The monoisotopic (exact) mass is 274 g/mol. The number of hydrogen-bond donors (Lipinski definition) is 4. The molecule has 0 aromatic rings. The third-order valence-corrected chi connectivity index (χ3v) is 1.55. The number of carbonyl (C=O) groups is 2. The Hall–Kier alpha value is -0.560. The van der Waals surface area contributed by atoms with E-state index in [4.69, 9.17) is 11.5 Å². The molecule has 6 nitrogen and oxygen atoms in total. The molecule has 0 saturated heterocycles. The maximum Gasteiger partial charge on any atom is 0.236 e. The maximum absolute atomic E-state index is 10.9. The molecule has 0 rings (SSSR count). The lowest BCUT2D eigenvalue weighted by Gasteiger charge is -2.09. The van der Waals surface area contributed by atoms with Crippen LogP contribution in [0.3, 0.4) is 0 Å². The Labute approximate surface area is 108 Å². The van der Waals surface area contributed by atoms with Gasteiger partial charge in [-0.1, -0.05) is 0 Å². The number of hydrogen-bond acceptors (Lipinski definition) is 4. The summed E-state index contributed by atoms with van der Waals surface area (Å²) in [6.45, 7) is 3.91. The summed E-state index contributed by atoms with van der Waals surface area (Å²) in [6, 6.07) is -1.06. The molecule has 0 spiro atoms. The molecule has 2 amide bonds. The Bertz CT molecular complexity index is 190. The fourth-order valence-electron chi connectivity index (χ4n) is 0.693. The molecule has 16 heavy (non-hydrogen) atoms. The van der Waals surface area contributed by atoms with Crippen molar-refractivity contribution < 1.29 is 9.59 Å². The van der Waals surface area contributed by atoms with Gasteiger partial charge in [-0.3, -0.25) is 9.59 Å². The Morgan fingerprint density at radius 1 is 0.938 bits per heavy atom. The summed E-state index contributed by atoms with van der Waals surface area (Å²) in [5, 5.41) is 5.11. The highest BCUT2D eigenvalue weighted by Crippen LogP contribution is 1.75. The number of halogens is 2. The van der Waals surface area contributed by atoms with E-state index in [1.807, 2.05) is 0 Å². The molecule has 0 radical (unpaired) electrons. The van der Waals surface area contributed by atoms with Gasteiger partial charge in [0.15, 0.2) is 0 Å². The van der Waals surface area contributed by atoms with Crippen molar-refractivity contribution in [3.05, 3.63) is 0 Å². The lowest BCUT2D eigenvalue weighted by atomic mass is 10.3. The number of amides is 2. The molecule has 0 fully saturated rings. The molecule has 0 aromatic carbocycles. The van der Waals surface area contributed by atoms with Gasteiger partial charge in [0.05, 0.1) is 12.1 Å². The summed E-state index contributed by atoms with van der Waals surface area (Å²) >= 11 is 0. The van der Waals surface area contributed by atoms with E-state index in [1.165, 1.54) is 0 Å². The zero-order valence-corrected chi connectivity index (χ0v) is 11.0. The van der Waals surface area contributed by atoms with Gasteiger partial charge in [0, 0.05) is 13.1 Å². The molecular weight excluding hydrogens is 255 g/mol. The van der Waals surface area contributed by atoms with Gasteiger partial charge in [0.1, 0.15) is 0 Å². The third-order valence-electron chi connectivity index (χ3n) is 1.55. The zero-order valence-electron chi connectivity index (χ0n) is 9.36. The quantitative estimate of drug-likeness (QED) is 0.470. The van der Waals surface area contributed by atoms with E-state index in [1.54, 1.807) is 13.8 Å². The summed E-state index contributed by atoms with van der Waals surface area (Å²) in [4.78, 5) is 21.9. The van der Waals surface area contributed by atoms with Crippen LogP contribution in [0.1, 0.15) is 13.8 Å². The predicted octanol–water partition coefficient (Wildman–Crippen LogP) is -1.24. The first-order valence-corrected chi connectivity index (χ1v) is 4.51. The molecule has 0 saturated carbocycles. The van der Waals surface area contributed by atoms with Gasteiger partial charge in [-0.15, -0.1) is 24.8 Å². The SMILES string of the molecule is CC(N)C(=O)NCCNC(=O)C(C)N.Cl.Cl. The van der Waals surface area contributed by atoms with Crippen LogP contribution in [0, 0.1) is 0 Å². The van der Waals surface area contributed by atoms with Crippen LogP contribution in [0.15, 0.2) is 0 Å². The van der Waals surface area contributed by atoms with Crippen molar-refractivity contribution in [1.29, 1.82) is 0 Å². The Morgan fingerprint density at radius 2 is 1.19 bits per heavy atom. The van der Waals surface area contributed by atoms with Gasteiger partial charge in [-0.2, -0.15) is 0 Å². The van der Waals surface area contributed by atoms with Crippen LogP contribution in [0.5, 0.6) is 0 Å². The molecule has 6 N–H and O–H groups in total. The van der Waals surface area contributed by atoms with E-state index in [2.05, 4.69) is 10.6 Å². The fourth-order valence-corrected chi connectivity index (χ4v) is 0.693. The van der Waals surface area contributed by atoms with E-state index in [0.717, 1.165) is 0 Å². The normalized spacial score (nSPS) is 12.5. The summed E-state index contributed by atoms with van der Waals surface area (Å²) < 4.78 is 0. The standard InChI is InChI=1S/C8H18N4O2.2ClH/c1-5(9)7(13)11-3-4-12-8(14)6(2)10;;/h5-6H,3-4,9-10H2,1-2H3,(H,11,13)(H,12,14);2*1H. The van der Waals surface area contributed by atoms with Crippen molar-refractivity contribution in [3.63, 3.8) is 0 Å². The second-order valence-electron chi connectivity index (χ2n) is 3.16. The molecule has 0 aliphatic carbocycles. The van der Waals surface area contributed by atoms with E-state index in [9.17, 15) is 9.59 Å². The van der Waals surface area contributed by atoms with Crippen LogP contribution >= 0.6 is 24.8 Å². The Morgan fingerprint density at radius 3 is 1.38 bits per heavy atom. The minimum atomic E-state index is -0.529. The minimum absolute atomic E-state index is 0. The Kier molecular flexibility index (Phi) is 14.2. The van der Waals surface area contributed by atoms with E-state index in [-0.39, 0.29) is 36.6 Å². The van der Waals surface area contributed by atoms with Crippen molar-refractivity contribution in [2.24, 2.45) is 11.5 Å². The van der Waals surface area contributed by atoms with Crippen LogP contribution in [-0.2, 0) is 9.59 Å². The summed E-state index contributed by atoms with van der Waals surface area (Å²) in [5.41, 5.74) is 10.6. The highest BCUT2D eigenvalue weighted by atomic mass is 35.5. The lowest BCUT2D eigenvalue weighted by Crippen LogP contribution is -2.44. The maximum atomic E-state index is 10.9. The molecule has 0 aromatic heterocycles. The first kappa shape index (κ1) is 20.8. The minimum Gasteiger partial charge on any atom is -0.353 e. The molecule has 2 atom stereocenters. The molecule has 2 unspecified atom stereocenters. The summed E-state index contributed by atoms with van der Waals surface area (Å²) in [7, 11) is 0. The van der Waals surface area contributed by atoms with E-state index < -0.39 is 12.1 Å². The second-order valence-corrected chi connectivity index (χ2v) is 3.16. The van der Waals surface area contributed by atoms with Crippen LogP contribution in [0.25, 0.3) is 0 Å². The van der Waals surface area contributed by atoms with Crippen molar-refractivity contribution in [2.45, 2.75) is 25.9 Å². The van der Waals surface area contributed by atoms with Crippen LogP contribution < -0.4 is 22.1 Å². The van der Waals surface area contributed by atoms with Crippen molar-refractivity contribution in [1.82, 2.24) is 10.6 Å². The number of nitrogens with one attached hydrogen (secondary N) is 2. The smallest absolute Gasteiger partial charge is 0.236 e. The lowest BCUT2D eigenvalue weighted by molar-refractivity contribution is -0.123. The van der Waals surface area contributed by atoms with Gasteiger partial charge >= 0.3 is 0 Å². The molecule has 98 valence electrons. The van der Waals surface area contributed by atoms with Crippen molar-refractivity contribution in [2.75, 3.05) is 13.1 Å². The highest BCUT2D eigenvalue weighted by Gasteiger charge is 2.07. The van der Waals surface area contributed by atoms with Crippen LogP contribution in [-0.4, -0.2) is 37.0 Å². The topological polar surface area (TPSA) is 110 Å². The van der Waals surface area contributed by atoms with Crippen molar-refractivity contribution in [3.8, 4) is 0 Å². The fraction of sp³-hybridized carbons (Fsp3) is 0.750. The van der Waals surface area contributed by atoms with E-state index in [0.29, 0.717) is 13.1 Å². The number of nitrogens with two attached hydrogens (primary N) is 2. The second kappa shape index (κ2) is 10.9. The molecular formula is C8H20Cl2N4O2. The largest absolute Gasteiger partial charge is 0.353 e. The van der Waals surface area contributed by atoms with Crippen LogP contribution in [0.2, 0.25) is 0 Å². The summed E-state index contributed by atoms with van der Waals surface area (Å²) in [6.07, 6.45) is 0. The van der Waals surface area contributed by atoms with Gasteiger partial charge in [-0.05, 0) is 13.8 Å². The molecule has 0 heterocycles. The Balaban J connectivity index is -0.000000845. The average molecular weight is 275 g/mol. The zero-order chi connectivity index (χ0) is 11.1. The first-order chi connectivity index (χ1) is 6.45. The van der Waals surface area contributed by atoms with E-state index >= 15 is 0 Å². The number of carbonyl (C=O) groups excluding carboxylic acids is 2. The average Bonchev–Trinajstić information content (AvgIpc) is 2.11. The predicted molar refractivity (Wildman–Crippen MR) is 67.8 cm³/mol.